The van der Waals surface area contributed by atoms with E-state index in [0.29, 0.717) is 51.5 Å². The monoisotopic (exact) mass is 447 g/mol. The highest BCUT2D eigenvalue weighted by Gasteiger charge is 2.37. The van der Waals surface area contributed by atoms with Crippen molar-refractivity contribution in [3.05, 3.63) is 12.2 Å². The molecule has 10 heteroatoms. The fraction of sp³-hybridized carbons (Fsp3) is 0.636. The first-order valence-corrected chi connectivity index (χ1v) is 11.2. The molecule has 1 saturated heterocycles. The third-order valence-corrected chi connectivity index (χ3v) is 6.39. The second-order valence-corrected chi connectivity index (χ2v) is 8.66. The number of nitrogens with zero attached hydrogens (tertiary/aromatic N) is 2. The van der Waals surface area contributed by atoms with Crippen LogP contribution in [0.25, 0.3) is 0 Å². The first-order valence-electron chi connectivity index (χ1n) is 11.2. The van der Waals surface area contributed by atoms with Crippen LogP contribution in [-0.2, 0) is 28.8 Å². The van der Waals surface area contributed by atoms with Gasteiger partial charge in [0.15, 0.2) is 0 Å². The van der Waals surface area contributed by atoms with Crippen molar-refractivity contribution in [2.75, 3.05) is 6.54 Å². The van der Waals surface area contributed by atoms with Crippen molar-refractivity contribution >= 4 is 35.5 Å². The summed E-state index contributed by atoms with van der Waals surface area (Å²) >= 11 is 0. The van der Waals surface area contributed by atoms with Crippen LogP contribution < -0.4 is 5.32 Å². The van der Waals surface area contributed by atoms with Gasteiger partial charge in [-0.2, -0.15) is 0 Å². The molecule has 1 saturated carbocycles. The third kappa shape index (κ3) is 5.80. The number of aliphatic carboxylic acids is 1. The molecule has 3 aliphatic rings. The van der Waals surface area contributed by atoms with Gasteiger partial charge in [-0.1, -0.05) is 0 Å². The molecule has 0 aromatic rings. The van der Waals surface area contributed by atoms with Crippen LogP contribution in [0, 0.1) is 11.8 Å². The number of rotatable bonds is 10. The van der Waals surface area contributed by atoms with E-state index in [2.05, 4.69) is 5.32 Å². The molecular formula is C22H29N3O7. The maximum Gasteiger partial charge on any atom is 0.303 e. The van der Waals surface area contributed by atoms with Gasteiger partial charge in [0, 0.05) is 43.9 Å². The van der Waals surface area contributed by atoms with Crippen LogP contribution in [0.2, 0.25) is 0 Å². The summed E-state index contributed by atoms with van der Waals surface area (Å²) in [6.07, 6.45) is 5.74. The fourth-order valence-electron chi connectivity index (χ4n) is 4.58. The highest BCUT2D eigenvalue weighted by molar-refractivity contribution is 6.12. The number of amides is 5. The Hall–Kier alpha value is -3.04. The van der Waals surface area contributed by atoms with Crippen molar-refractivity contribution in [1.29, 1.82) is 0 Å². The maximum atomic E-state index is 12.9. The Kier molecular flexibility index (Phi) is 7.76. The third-order valence-electron chi connectivity index (χ3n) is 6.39. The zero-order valence-electron chi connectivity index (χ0n) is 18.0. The molecule has 1 atom stereocenters. The zero-order chi connectivity index (χ0) is 23.3. The second-order valence-electron chi connectivity index (χ2n) is 8.66. The molecule has 0 spiro atoms. The summed E-state index contributed by atoms with van der Waals surface area (Å²) in [7, 11) is 0. The lowest BCUT2D eigenvalue weighted by Crippen LogP contribution is -2.52. The van der Waals surface area contributed by atoms with Crippen molar-refractivity contribution in [2.45, 2.75) is 70.4 Å². The smallest absolute Gasteiger partial charge is 0.303 e. The number of likely N-dealkylation sites (tertiary alicyclic amines) is 1. The normalized spacial score (nSPS) is 24.4. The van der Waals surface area contributed by atoms with E-state index in [1.165, 1.54) is 17.1 Å². The molecule has 5 amide bonds. The van der Waals surface area contributed by atoms with Gasteiger partial charge in [0.05, 0.1) is 0 Å². The molecule has 2 N–H and O–H groups in total. The number of unbranched alkanes of at least 4 members (excludes halogenated alkanes) is 1. The molecular weight excluding hydrogens is 418 g/mol. The SMILES string of the molecule is O=C(O)CCCCC(NC(=O)C1CCC(CN2C(=O)C=CC2=O)CC1)N1C(=O)CCC1=O. The van der Waals surface area contributed by atoms with E-state index in [1.54, 1.807) is 0 Å². The van der Waals surface area contributed by atoms with Gasteiger partial charge in [-0.15, -0.1) is 0 Å². The summed E-state index contributed by atoms with van der Waals surface area (Å²) in [5.41, 5.74) is 0. The maximum absolute atomic E-state index is 12.9. The van der Waals surface area contributed by atoms with Gasteiger partial charge in [-0.3, -0.25) is 38.6 Å². The number of nitrogens with one attached hydrogen (secondary N) is 1. The van der Waals surface area contributed by atoms with Crippen LogP contribution in [0.5, 0.6) is 0 Å². The summed E-state index contributed by atoms with van der Waals surface area (Å²) < 4.78 is 0. The van der Waals surface area contributed by atoms with E-state index in [9.17, 15) is 28.8 Å². The Labute approximate surface area is 186 Å². The summed E-state index contributed by atoms with van der Waals surface area (Å²) in [5, 5.41) is 11.6. The molecule has 2 aliphatic heterocycles. The minimum Gasteiger partial charge on any atom is -0.481 e. The zero-order valence-corrected chi connectivity index (χ0v) is 18.0. The minimum absolute atomic E-state index is 0.00981. The minimum atomic E-state index is -0.913. The van der Waals surface area contributed by atoms with Gasteiger partial charge in [0.25, 0.3) is 11.8 Å². The predicted molar refractivity (Wildman–Crippen MR) is 110 cm³/mol. The standard InChI is InChI=1S/C22H29N3O7/c26-17-9-10-18(27)24(17)13-14-5-7-15(8-6-14)22(32)23-16(3-1-2-4-21(30)31)25-19(28)11-12-20(25)29/h9-10,14-16H,1-8,11-13H2,(H,23,32)(H,30,31). The summed E-state index contributed by atoms with van der Waals surface area (Å²) in [6.45, 7) is 0.349. The van der Waals surface area contributed by atoms with Crippen molar-refractivity contribution in [1.82, 2.24) is 15.1 Å². The first kappa shape index (κ1) is 23.6. The van der Waals surface area contributed by atoms with E-state index >= 15 is 0 Å². The molecule has 174 valence electrons. The quantitative estimate of drug-likeness (QED) is 0.375. The molecule has 2 heterocycles. The van der Waals surface area contributed by atoms with Crippen LogP contribution in [0.1, 0.15) is 64.2 Å². The molecule has 2 fully saturated rings. The Morgan fingerprint density at radius 1 is 0.969 bits per heavy atom. The van der Waals surface area contributed by atoms with Crippen molar-refractivity contribution < 1.29 is 33.9 Å². The van der Waals surface area contributed by atoms with Crippen LogP contribution in [-0.4, -0.2) is 63.1 Å². The Morgan fingerprint density at radius 3 is 2.12 bits per heavy atom. The van der Waals surface area contributed by atoms with Crippen molar-refractivity contribution in [2.24, 2.45) is 11.8 Å². The lowest BCUT2D eigenvalue weighted by Gasteiger charge is -2.32. The molecule has 0 aromatic carbocycles. The van der Waals surface area contributed by atoms with E-state index in [4.69, 9.17) is 5.11 Å². The predicted octanol–water partition coefficient (Wildman–Crippen LogP) is 0.954. The van der Waals surface area contributed by atoms with E-state index in [1.807, 2.05) is 0 Å². The van der Waals surface area contributed by atoms with Crippen LogP contribution in [0.3, 0.4) is 0 Å². The molecule has 3 rings (SSSR count). The highest BCUT2D eigenvalue weighted by atomic mass is 16.4. The topological polar surface area (TPSA) is 141 Å². The molecule has 10 nitrogen and oxygen atoms in total. The molecule has 0 aromatic heterocycles. The largest absolute Gasteiger partial charge is 0.481 e. The lowest BCUT2D eigenvalue weighted by atomic mass is 9.81. The number of carbonyl (C=O) groups excluding carboxylic acids is 5. The van der Waals surface area contributed by atoms with Crippen LogP contribution in [0.4, 0.5) is 0 Å². The average molecular weight is 447 g/mol. The molecule has 0 bridgehead atoms. The summed E-state index contributed by atoms with van der Waals surface area (Å²) in [4.78, 5) is 73.8. The second kappa shape index (κ2) is 10.5. The van der Waals surface area contributed by atoms with Gasteiger partial charge < -0.3 is 10.4 Å². The number of carbonyl (C=O) groups is 6. The van der Waals surface area contributed by atoms with Crippen molar-refractivity contribution in [3.63, 3.8) is 0 Å². The molecule has 1 unspecified atom stereocenters. The number of carboxylic acid groups (broad SMARTS) is 1. The molecule has 1 aliphatic carbocycles. The van der Waals surface area contributed by atoms with Crippen LogP contribution >= 0.6 is 0 Å². The van der Waals surface area contributed by atoms with Gasteiger partial charge in [-0.25, -0.2) is 0 Å². The average Bonchev–Trinajstić information content (AvgIpc) is 3.26. The Bertz CT molecular complexity index is 795. The van der Waals surface area contributed by atoms with Crippen molar-refractivity contribution in [3.8, 4) is 0 Å². The Morgan fingerprint density at radius 2 is 1.56 bits per heavy atom. The van der Waals surface area contributed by atoms with E-state index < -0.39 is 12.1 Å². The number of hydrogen-bond acceptors (Lipinski definition) is 6. The van der Waals surface area contributed by atoms with E-state index in [0.717, 1.165) is 4.90 Å². The number of imide groups is 2. The number of hydrogen-bond donors (Lipinski definition) is 2. The first-order chi connectivity index (χ1) is 15.3. The lowest BCUT2D eigenvalue weighted by molar-refractivity contribution is -0.144. The molecule has 32 heavy (non-hydrogen) atoms. The van der Waals surface area contributed by atoms with Gasteiger partial charge in [0.1, 0.15) is 6.17 Å². The van der Waals surface area contributed by atoms with Gasteiger partial charge in [-0.05, 0) is 50.9 Å². The number of carboxylic acids is 1. The van der Waals surface area contributed by atoms with Gasteiger partial charge >= 0.3 is 5.97 Å². The fourth-order valence-corrected chi connectivity index (χ4v) is 4.58. The molecule has 0 radical (unpaired) electrons. The summed E-state index contributed by atoms with van der Waals surface area (Å²) in [5.74, 6) is -2.53. The van der Waals surface area contributed by atoms with Gasteiger partial charge in [0.2, 0.25) is 17.7 Å². The van der Waals surface area contributed by atoms with Crippen LogP contribution in [0.15, 0.2) is 12.2 Å². The highest BCUT2D eigenvalue weighted by Crippen LogP contribution is 2.30. The Balaban J connectivity index is 1.52. The summed E-state index contributed by atoms with van der Waals surface area (Å²) in [6, 6.07) is 0. The van der Waals surface area contributed by atoms with E-state index in [-0.39, 0.29) is 60.6 Å².